The van der Waals surface area contributed by atoms with Crippen molar-refractivity contribution in [2.45, 2.75) is 6.42 Å². The van der Waals surface area contributed by atoms with Crippen LogP contribution in [-0.4, -0.2) is 18.6 Å². The van der Waals surface area contributed by atoms with Crippen molar-refractivity contribution in [3.8, 4) is 11.8 Å². The molecule has 0 aliphatic heterocycles. The number of rotatable bonds is 5. The highest BCUT2D eigenvalue weighted by molar-refractivity contribution is 5.65. The summed E-state index contributed by atoms with van der Waals surface area (Å²) in [5.41, 5.74) is 0.995. The lowest BCUT2D eigenvalue weighted by atomic mass is 10.2. The first kappa shape index (κ1) is 12.9. The highest BCUT2D eigenvalue weighted by atomic mass is 16.5. The lowest BCUT2D eigenvalue weighted by Crippen LogP contribution is -2.19. The molecule has 2 aromatic rings. The Kier molecular flexibility index (Phi) is 4.35. The molecule has 0 atom stereocenters. The number of pyridine rings is 1. The van der Waals surface area contributed by atoms with Gasteiger partial charge in [-0.1, -0.05) is 18.2 Å². The Hall–Kier alpha value is -2.54. The summed E-state index contributed by atoms with van der Waals surface area (Å²) in [5.74, 6) is 1.43. The van der Waals surface area contributed by atoms with Gasteiger partial charge < -0.3 is 9.64 Å². The van der Waals surface area contributed by atoms with E-state index < -0.39 is 0 Å². The first-order valence-electron chi connectivity index (χ1n) is 6.05. The van der Waals surface area contributed by atoms with E-state index in [9.17, 15) is 0 Å². The van der Waals surface area contributed by atoms with E-state index >= 15 is 0 Å². The molecule has 0 N–H and O–H groups in total. The fraction of sp³-hybridized carbons (Fsp3) is 0.200. The average Bonchev–Trinajstić information content (AvgIpc) is 2.49. The molecule has 0 fully saturated rings. The number of aromatic nitrogens is 1. The topological polar surface area (TPSA) is 49.1 Å². The normalized spacial score (nSPS) is 9.68. The monoisotopic (exact) mass is 253 g/mol. The number of benzene rings is 1. The first-order chi connectivity index (χ1) is 9.36. The van der Waals surface area contributed by atoms with Gasteiger partial charge in [0.25, 0.3) is 0 Å². The number of nitrogens with zero attached hydrogens (tertiary/aromatic N) is 3. The van der Waals surface area contributed by atoms with Crippen LogP contribution in [0.25, 0.3) is 0 Å². The molecule has 2 rings (SSSR count). The molecule has 1 heterocycles. The summed E-state index contributed by atoms with van der Waals surface area (Å²) in [6, 6.07) is 15.7. The Labute approximate surface area is 112 Å². The van der Waals surface area contributed by atoms with Gasteiger partial charge in [-0.05, 0) is 24.3 Å². The van der Waals surface area contributed by atoms with Crippen molar-refractivity contribution in [2.24, 2.45) is 0 Å². The molecule has 1 aromatic heterocycles. The minimum atomic E-state index is 0.425. The van der Waals surface area contributed by atoms with Crippen LogP contribution < -0.4 is 9.64 Å². The minimum Gasteiger partial charge on any atom is -0.493 e. The molecular formula is C15H15N3O. The molecule has 4 heteroatoms. The third-order valence-electron chi connectivity index (χ3n) is 2.74. The van der Waals surface area contributed by atoms with Gasteiger partial charge in [-0.3, -0.25) is 0 Å². The van der Waals surface area contributed by atoms with Crippen molar-refractivity contribution in [3.63, 3.8) is 0 Å². The van der Waals surface area contributed by atoms with Crippen molar-refractivity contribution in [2.75, 3.05) is 18.6 Å². The van der Waals surface area contributed by atoms with Crippen molar-refractivity contribution in [1.29, 1.82) is 5.26 Å². The van der Waals surface area contributed by atoms with Gasteiger partial charge >= 0.3 is 0 Å². The number of nitriles is 1. The fourth-order valence-corrected chi connectivity index (χ4v) is 1.87. The Morgan fingerprint density at radius 2 is 2.00 bits per heavy atom. The van der Waals surface area contributed by atoms with Crippen LogP contribution in [-0.2, 0) is 0 Å². The Balaban J connectivity index is 2.40. The summed E-state index contributed by atoms with van der Waals surface area (Å²) >= 11 is 0. The molecule has 0 saturated carbocycles. The van der Waals surface area contributed by atoms with Crippen molar-refractivity contribution in [3.05, 3.63) is 48.7 Å². The smallest absolute Gasteiger partial charge is 0.175 e. The van der Waals surface area contributed by atoms with Gasteiger partial charge in [0, 0.05) is 18.4 Å². The Bertz CT molecular complexity index is 563. The summed E-state index contributed by atoms with van der Waals surface area (Å²) in [5, 5.41) is 8.81. The van der Waals surface area contributed by atoms with Crippen LogP contribution in [0.2, 0.25) is 0 Å². The van der Waals surface area contributed by atoms with Crippen LogP contribution in [0, 0.1) is 11.3 Å². The van der Waals surface area contributed by atoms with Crippen molar-refractivity contribution in [1.82, 2.24) is 4.98 Å². The summed E-state index contributed by atoms with van der Waals surface area (Å²) in [7, 11) is 1.62. The molecule has 4 nitrogen and oxygen atoms in total. The second-order valence-electron chi connectivity index (χ2n) is 3.92. The maximum atomic E-state index is 8.81. The molecule has 0 radical (unpaired) electrons. The zero-order valence-corrected chi connectivity index (χ0v) is 10.8. The maximum absolute atomic E-state index is 8.81. The van der Waals surface area contributed by atoms with E-state index in [4.69, 9.17) is 10.00 Å². The van der Waals surface area contributed by atoms with Crippen LogP contribution >= 0.6 is 0 Å². The van der Waals surface area contributed by atoms with Gasteiger partial charge in [-0.15, -0.1) is 0 Å². The van der Waals surface area contributed by atoms with E-state index in [0.717, 1.165) is 11.5 Å². The molecule has 0 aliphatic rings. The number of hydrogen-bond acceptors (Lipinski definition) is 4. The quantitative estimate of drug-likeness (QED) is 0.821. The van der Waals surface area contributed by atoms with Gasteiger partial charge in [0.15, 0.2) is 11.6 Å². The SMILES string of the molecule is COc1cccnc1N(CCC#N)c1ccccc1. The molecule has 96 valence electrons. The summed E-state index contributed by atoms with van der Waals surface area (Å²) in [6.07, 6.45) is 2.15. The molecule has 0 unspecified atom stereocenters. The number of anilines is 2. The minimum absolute atomic E-state index is 0.425. The van der Waals surface area contributed by atoms with E-state index in [2.05, 4.69) is 11.1 Å². The maximum Gasteiger partial charge on any atom is 0.175 e. The summed E-state index contributed by atoms with van der Waals surface area (Å²) < 4.78 is 5.34. The molecular weight excluding hydrogens is 238 g/mol. The van der Waals surface area contributed by atoms with Crippen molar-refractivity contribution < 1.29 is 4.74 Å². The average molecular weight is 253 g/mol. The highest BCUT2D eigenvalue weighted by Gasteiger charge is 2.14. The molecule has 0 aliphatic carbocycles. The standard InChI is InChI=1S/C15H15N3O/c1-19-14-9-5-11-17-15(14)18(12-6-10-16)13-7-3-2-4-8-13/h2-5,7-9,11H,6,12H2,1H3. The Morgan fingerprint density at radius 3 is 2.68 bits per heavy atom. The van der Waals surface area contributed by atoms with Gasteiger partial charge in [-0.25, -0.2) is 4.98 Å². The van der Waals surface area contributed by atoms with Crippen LogP contribution in [0.1, 0.15) is 6.42 Å². The molecule has 0 bridgehead atoms. The third-order valence-corrected chi connectivity index (χ3v) is 2.74. The van der Waals surface area contributed by atoms with Gasteiger partial charge in [0.05, 0.1) is 19.6 Å². The molecule has 0 spiro atoms. The van der Waals surface area contributed by atoms with Crippen LogP contribution in [0.5, 0.6) is 5.75 Å². The molecule has 19 heavy (non-hydrogen) atoms. The van der Waals surface area contributed by atoms with E-state index in [0.29, 0.717) is 18.7 Å². The van der Waals surface area contributed by atoms with Crippen LogP contribution in [0.3, 0.4) is 0 Å². The fourth-order valence-electron chi connectivity index (χ4n) is 1.87. The first-order valence-corrected chi connectivity index (χ1v) is 6.05. The van der Waals surface area contributed by atoms with Gasteiger partial charge in [0.2, 0.25) is 0 Å². The lowest BCUT2D eigenvalue weighted by Gasteiger charge is -2.24. The number of ether oxygens (including phenoxy) is 1. The molecule has 0 saturated heterocycles. The van der Waals surface area contributed by atoms with E-state index in [1.807, 2.05) is 47.4 Å². The van der Waals surface area contributed by atoms with Gasteiger partial charge in [-0.2, -0.15) is 5.26 Å². The second kappa shape index (κ2) is 6.41. The van der Waals surface area contributed by atoms with E-state index in [1.165, 1.54) is 0 Å². The van der Waals surface area contributed by atoms with Crippen molar-refractivity contribution >= 4 is 11.5 Å². The van der Waals surface area contributed by atoms with E-state index in [-0.39, 0.29) is 0 Å². The number of methoxy groups -OCH3 is 1. The second-order valence-corrected chi connectivity index (χ2v) is 3.92. The zero-order valence-electron chi connectivity index (χ0n) is 10.8. The third kappa shape index (κ3) is 3.02. The lowest BCUT2D eigenvalue weighted by molar-refractivity contribution is 0.413. The van der Waals surface area contributed by atoms with Crippen LogP contribution in [0.4, 0.5) is 11.5 Å². The Morgan fingerprint density at radius 1 is 1.21 bits per heavy atom. The predicted molar refractivity (Wildman–Crippen MR) is 74.5 cm³/mol. The predicted octanol–water partition coefficient (Wildman–Crippen LogP) is 3.14. The highest BCUT2D eigenvalue weighted by Crippen LogP contribution is 2.31. The van der Waals surface area contributed by atoms with E-state index in [1.54, 1.807) is 13.3 Å². The zero-order chi connectivity index (χ0) is 13.5. The molecule has 0 amide bonds. The number of hydrogen-bond donors (Lipinski definition) is 0. The number of para-hydroxylation sites is 1. The summed E-state index contributed by atoms with van der Waals surface area (Å²) in [6.45, 7) is 0.577. The van der Waals surface area contributed by atoms with Gasteiger partial charge in [0.1, 0.15) is 0 Å². The van der Waals surface area contributed by atoms with Crippen LogP contribution in [0.15, 0.2) is 48.7 Å². The molecule has 1 aromatic carbocycles. The largest absolute Gasteiger partial charge is 0.493 e. The summed E-state index contributed by atoms with van der Waals surface area (Å²) in [4.78, 5) is 6.36.